The zero-order chi connectivity index (χ0) is 16.1. The molecule has 0 saturated carbocycles. The van der Waals surface area contributed by atoms with E-state index in [2.05, 4.69) is 20.6 Å². The quantitative estimate of drug-likeness (QED) is 0.784. The van der Waals surface area contributed by atoms with E-state index in [-0.39, 0.29) is 11.6 Å². The maximum absolute atomic E-state index is 12.1. The number of amides is 2. The largest absolute Gasteiger partial charge is 0.476 e. The highest BCUT2D eigenvalue weighted by Crippen LogP contribution is 2.14. The zero-order valence-corrected chi connectivity index (χ0v) is 11.5. The van der Waals surface area contributed by atoms with Crippen molar-refractivity contribution in [1.29, 1.82) is 0 Å². The summed E-state index contributed by atoms with van der Waals surface area (Å²) in [5.41, 5.74) is 0.313. The number of hydrogen-bond acceptors (Lipinski definition) is 5. The Morgan fingerprint density at radius 3 is 1.91 bits per heavy atom. The Hall–Kier alpha value is -3.29. The molecular formula is C14H12N4O4. The van der Waals surface area contributed by atoms with Gasteiger partial charge < -0.3 is 15.7 Å². The lowest BCUT2D eigenvalue weighted by molar-refractivity contribution is -0.114. The average molecular weight is 300 g/mol. The molecular weight excluding hydrogens is 288 g/mol. The fourth-order valence-electron chi connectivity index (χ4n) is 1.69. The topological polar surface area (TPSA) is 121 Å². The van der Waals surface area contributed by atoms with E-state index in [9.17, 15) is 14.4 Å². The zero-order valence-electron chi connectivity index (χ0n) is 11.5. The van der Waals surface area contributed by atoms with Crippen LogP contribution in [0.5, 0.6) is 0 Å². The van der Waals surface area contributed by atoms with E-state index in [1.54, 1.807) is 24.3 Å². The van der Waals surface area contributed by atoms with Gasteiger partial charge in [0.15, 0.2) is 11.4 Å². The Morgan fingerprint density at radius 1 is 0.909 bits per heavy atom. The molecule has 0 aliphatic rings. The maximum Gasteiger partial charge on any atom is 0.356 e. The van der Waals surface area contributed by atoms with Crippen LogP contribution in [0.3, 0.4) is 0 Å². The molecule has 112 valence electrons. The number of carboxylic acid groups (broad SMARTS) is 1. The number of benzene rings is 1. The van der Waals surface area contributed by atoms with Gasteiger partial charge in [-0.2, -0.15) is 0 Å². The second kappa shape index (κ2) is 6.44. The minimum absolute atomic E-state index is 0.206. The van der Waals surface area contributed by atoms with Crippen LogP contribution in [0.4, 0.5) is 11.4 Å². The predicted molar refractivity (Wildman–Crippen MR) is 77.7 cm³/mol. The van der Waals surface area contributed by atoms with Crippen molar-refractivity contribution in [2.75, 3.05) is 10.6 Å². The summed E-state index contributed by atoms with van der Waals surface area (Å²) in [6.07, 6.45) is 2.43. The Bertz CT molecular complexity index is 728. The molecule has 2 aromatic rings. The lowest BCUT2D eigenvalue weighted by atomic mass is 10.2. The van der Waals surface area contributed by atoms with Crippen LogP contribution < -0.4 is 10.6 Å². The molecule has 2 rings (SSSR count). The smallest absolute Gasteiger partial charge is 0.356 e. The van der Waals surface area contributed by atoms with Crippen molar-refractivity contribution < 1.29 is 19.5 Å². The van der Waals surface area contributed by atoms with Crippen LogP contribution in [-0.2, 0) is 4.79 Å². The molecule has 0 saturated heterocycles. The average Bonchev–Trinajstić information content (AvgIpc) is 2.48. The molecule has 2 amide bonds. The predicted octanol–water partition coefficient (Wildman–Crippen LogP) is 1.39. The van der Waals surface area contributed by atoms with Gasteiger partial charge in [-0.05, 0) is 24.3 Å². The molecule has 22 heavy (non-hydrogen) atoms. The summed E-state index contributed by atoms with van der Waals surface area (Å²) >= 11 is 0. The lowest BCUT2D eigenvalue weighted by Crippen LogP contribution is -2.19. The lowest BCUT2D eigenvalue weighted by Gasteiger charge is -2.07. The molecule has 3 N–H and O–H groups in total. The van der Waals surface area contributed by atoms with Gasteiger partial charge in [0.2, 0.25) is 5.91 Å². The van der Waals surface area contributed by atoms with Gasteiger partial charge in [-0.3, -0.25) is 9.59 Å². The van der Waals surface area contributed by atoms with E-state index in [1.807, 2.05) is 0 Å². The van der Waals surface area contributed by atoms with Crippen LogP contribution >= 0.6 is 0 Å². The Balaban J connectivity index is 2.15. The molecule has 0 unspecified atom stereocenters. The summed E-state index contributed by atoms with van der Waals surface area (Å²) in [7, 11) is 0. The number of carbonyl (C=O) groups excluding carboxylic acids is 2. The van der Waals surface area contributed by atoms with Crippen molar-refractivity contribution in [3.05, 3.63) is 48.0 Å². The third-order valence-corrected chi connectivity index (χ3v) is 2.58. The van der Waals surface area contributed by atoms with Gasteiger partial charge in [-0.15, -0.1) is 0 Å². The number of nitrogens with one attached hydrogen (secondary N) is 2. The van der Waals surface area contributed by atoms with E-state index in [0.717, 1.165) is 0 Å². The molecule has 0 aliphatic heterocycles. The fourth-order valence-corrected chi connectivity index (χ4v) is 1.69. The van der Waals surface area contributed by atoms with Crippen molar-refractivity contribution in [3.8, 4) is 0 Å². The monoisotopic (exact) mass is 300 g/mol. The van der Waals surface area contributed by atoms with E-state index in [0.29, 0.717) is 11.4 Å². The van der Waals surface area contributed by atoms with Crippen LogP contribution in [-0.4, -0.2) is 32.9 Å². The number of nitrogens with zero attached hydrogens (tertiary/aromatic N) is 2. The molecule has 1 aromatic carbocycles. The summed E-state index contributed by atoms with van der Waals surface area (Å²) in [5.74, 6) is -2.22. The third-order valence-electron chi connectivity index (χ3n) is 2.58. The van der Waals surface area contributed by atoms with Crippen LogP contribution in [0.1, 0.15) is 27.9 Å². The first-order chi connectivity index (χ1) is 10.5. The first-order valence-electron chi connectivity index (χ1n) is 6.20. The van der Waals surface area contributed by atoms with Gasteiger partial charge >= 0.3 is 5.97 Å². The molecule has 0 atom stereocenters. The van der Waals surface area contributed by atoms with Gasteiger partial charge in [0.05, 0.1) is 0 Å². The first-order valence-corrected chi connectivity index (χ1v) is 6.20. The van der Waals surface area contributed by atoms with E-state index < -0.39 is 17.6 Å². The molecule has 0 aliphatic carbocycles. The van der Waals surface area contributed by atoms with Crippen LogP contribution in [0, 0.1) is 0 Å². The summed E-state index contributed by atoms with van der Waals surface area (Å²) in [5, 5.41) is 14.1. The molecule has 8 nitrogen and oxygen atoms in total. The summed E-state index contributed by atoms with van der Waals surface area (Å²) in [6, 6.07) is 6.34. The SMILES string of the molecule is CC(=O)Nc1ccc(NC(=O)c2nccnc2C(=O)O)cc1. The van der Waals surface area contributed by atoms with Crippen LogP contribution in [0.25, 0.3) is 0 Å². The molecule has 0 fully saturated rings. The van der Waals surface area contributed by atoms with E-state index >= 15 is 0 Å². The van der Waals surface area contributed by atoms with Gasteiger partial charge in [0.25, 0.3) is 5.91 Å². The molecule has 1 heterocycles. The van der Waals surface area contributed by atoms with Gasteiger partial charge in [0.1, 0.15) is 0 Å². The third kappa shape index (κ3) is 3.63. The van der Waals surface area contributed by atoms with Gasteiger partial charge in [-0.25, -0.2) is 14.8 Å². The molecule has 8 heteroatoms. The highest BCUT2D eigenvalue weighted by Gasteiger charge is 2.19. The number of carboxylic acids is 1. The van der Waals surface area contributed by atoms with Crippen molar-refractivity contribution in [1.82, 2.24) is 9.97 Å². The number of carbonyl (C=O) groups is 3. The standard InChI is InChI=1S/C14H12N4O4/c1-8(19)17-9-2-4-10(5-3-9)18-13(20)11-12(14(21)22)16-7-6-15-11/h2-7H,1H3,(H,17,19)(H,18,20)(H,21,22). The highest BCUT2D eigenvalue weighted by molar-refractivity contribution is 6.08. The number of rotatable bonds is 4. The van der Waals surface area contributed by atoms with Gasteiger partial charge in [0, 0.05) is 30.7 Å². The Kier molecular flexibility index (Phi) is 4.42. The summed E-state index contributed by atoms with van der Waals surface area (Å²) in [4.78, 5) is 41.3. The minimum atomic E-state index is -1.33. The maximum atomic E-state index is 12.1. The van der Waals surface area contributed by atoms with Crippen LogP contribution in [0.2, 0.25) is 0 Å². The number of anilines is 2. The van der Waals surface area contributed by atoms with E-state index in [1.165, 1.54) is 19.3 Å². The van der Waals surface area contributed by atoms with E-state index in [4.69, 9.17) is 5.11 Å². The van der Waals surface area contributed by atoms with Crippen molar-refractivity contribution in [2.45, 2.75) is 6.92 Å². The summed E-state index contributed by atoms with van der Waals surface area (Å²) < 4.78 is 0. The highest BCUT2D eigenvalue weighted by atomic mass is 16.4. The van der Waals surface area contributed by atoms with Crippen molar-refractivity contribution in [2.24, 2.45) is 0 Å². The summed E-state index contributed by atoms with van der Waals surface area (Å²) in [6.45, 7) is 1.39. The molecule has 1 aromatic heterocycles. The Labute approximate surface area is 125 Å². The first kappa shape index (κ1) is 15.1. The second-order valence-corrected chi connectivity index (χ2v) is 4.27. The second-order valence-electron chi connectivity index (χ2n) is 4.27. The van der Waals surface area contributed by atoms with Crippen molar-refractivity contribution in [3.63, 3.8) is 0 Å². The number of aromatic carboxylic acids is 1. The van der Waals surface area contributed by atoms with Crippen molar-refractivity contribution >= 4 is 29.2 Å². The molecule has 0 spiro atoms. The molecule has 0 radical (unpaired) electrons. The van der Waals surface area contributed by atoms with Gasteiger partial charge in [-0.1, -0.05) is 0 Å². The minimum Gasteiger partial charge on any atom is -0.476 e. The fraction of sp³-hybridized carbons (Fsp3) is 0.0714. The number of hydrogen-bond donors (Lipinski definition) is 3. The molecule has 0 bridgehead atoms. The Morgan fingerprint density at radius 2 is 1.41 bits per heavy atom. The van der Waals surface area contributed by atoms with Crippen LogP contribution in [0.15, 0.2) is 36.7 Å². The normalized spacial score (nSPS) is 9.86. The number of aromatic nitrogens is 2.